The maximum absolute atomic E-state index is 14.9. The van der Waals surface area contributed by atoms with Gasteiger partial charge in [-0.1, -0.05) is 6.07 Å². The third kappa shape index (κ3) is 4.62. The van der Waals surface area contributed by atoms with Crippen LogP contribution in [0.3, 0.4) is 0 Å². The highest BCUT2D eigenvalue weighted by Crippen LogP contribution is 2.31. The van der Waals surface area contributed by atoms with Crippen LogP contribution < -0.4 is 15.0 Å². The molecule has 9 nitrogen and oxygen atoms in total. The van der Waals surface area contributed by atoms with Gasteiger partial charge in [0.1, 0.15) is 11.6 Å². The number of hydrogen-bond donors (Lipinski definition) is 3. The first-order chi connectivity index (χ1) is 17.5. The second-order valence-electron chi connectivity index (χ2n) is 8.88. The van der Waals surface area contributed by atoms with E-state index in [9.17, 15) is 4.39 Å². The molecule has 1 aliphatic heterocycles. The summed E-state index contributed by atoms with van der Waals surface area (Å²) >= 11 is 1.63. The Kier molecular flexibility index (Phi) is 5.78. The lowest BCUT2D eigenvalue weighted by atomic mass is 10.2. The molecule has 0 radical (unpaired) electrons. The van der Waals surface area contributed by atoms with E-state index in [0.717, 1.165) is 47.8 Å². The maximum atomic E-state index is 14.9. The number of fused-ring (bicyclic) bond motifs is 1. The monoisotopic (exact) mass is 504 g/mol. The Balaban J connectivity index is 1.32. The van der Waals surface area contributed by atoms with Gasteiger partial charge < -0.3 is 24.8 Å². The fourth-order valence-corrected chi connectivity index (χ4v) is 4.94. The number of hydrogen-bond acceptors (Lipinski definition) is 8. The Hall–Kier alpha value is -3.96. The van der Waals surface area contributed by atoms with Crippen LogP contribution in [-0.4, -0.2) is 63.3 Å². The van der Waals surface area contributed by atoms with Crippen LogP contribution in [0.15, 0.2) is 47.8 Å². The maximum Gasteiger partial charge on any atom is 0.326 e. The van der Waals surface area contributed by atoms with Gasteiger partial charge in [0.2, 0.25) is 0 Å². The SMILES string of the molecule is Cc1cc2cc(Oc3nc(Nc4cc(-c5cccs5)[nH]n4)cc(N4CCN(C)CC4)n3)c(F)cc2[nH]1. The second kappa shape index (κ2) is 9.25. The summed E-state index contributed by atoms with van der Waals surface area (Å²) in [7, 11) is 2.10. The Morgan fingerprint density at radius 3 is 2.72 bits per heavy atom. The van der Waals surface area contributed by atoms with Crippen LogP contribution in [0.2, 0.25) is 0 Å². The minimum Gasteiger partial charge on any atom is -0.421 e. The third-order valence-electron chi connectivity index (χ3n) is 6.15. The minimum absolute atomic E-state index is 0.0634. The molecule has 1 fully saturated rings. The van der Waals surface area contributed by atoms with Gasteiger partial charge in [0.05, 0.1) is 10.6 Å². The number of halogens is 1. The van der Waals surface area contributed by atoms with Crippen molar-refractivity contribution >= 4 is 39.7 Å². The fraction of sp³-hybridized carbons (Fsp3) is 0.240. The highest BCUT2D eigenvalue weighted by Gasteiger charge is 2.19. The van der Waals surface area contributed by atoms with Crippen molar-refractivity contribution in [3.05, 3.63) is 59.4 Å². The molecule has 184 valence electrons. The average molecular weight is 505 g/mol. The van der Waals surface area contributed by atoms with Crippen molar-refractivity contribution in [2.75, 3.05) is 43.4 Å². The van der Waals surface area contributed by atoms with E-state index in [1.54, 1.807) is 17.4 Å². The number of ether oxygens (including phenoxy) is 1. The molecule has 0 bridgehead atoms. The number of H-pyrrole nitrogens is 2. The van der Waals surface area contributed by atoms with Gasteiger partial charge in [0.15, 0.2) is 17.4 Å². The molecule has 0 unspecified atom stereocenters. The molecule has 0 saturated carbocycles. The first-order valence-corrected chi connectivity index (χ1v) is 12.5. The predicted molar refractivity (Wildman–Crippen MR) is 140 cm³/mol. The molecule has 4 aromatic heterocycles. The molecule has 11 heteroatoms. The number of piperazine rings is 1. The average Bonchev–Trinajstić information content (AvgIpc) is 3.60. The number of aromatic amines is 2. The topological polar surface area (TPSA) is 98.0 Å². The largest absolute Gasteiger partial charge is 0.421 e. The summed E-state index contributed by atoms with van der Waals surface area (Å²) in [5.41, 5.74) is 2.57. The van der Waals surface area contributed by atoms with Crippen LogP contribution in [-0.2, 0) is 0 Å². The summed E-state index contributed by atoms with van der Waals surface area (Å²) < 4.78 is 20.8. The van der Waals surface area contributed by atoms with E-state index >= 15 is 0 Å². The zero-order valence-corrected chi connectivity index (χ0v) is 20.7. The van der Waals surface area contributed by atoms with Crippen LogP contribution in [0.4, 0.5) is 21.8 Å². The van der Waals surface area contributed by atoms with Crippen molar-refractivity contribution in [2.45, 2.75) is 6.92 Å². The molecule has 3 N–H and O–H groups in total. The van der Waals surface area contributed by atoms with E-state index in [-0.39, 0.29) is 11.8 Å². The minimum atomic E-state index is -0.486. The van der Waals surface area contributed by atoms with Gasteiger partial charge in [-0.05, 0) is 37.6 Å². The van der Waals surface area contributed by atoms with Gasteiger partial charge in [0.25, 0.3) is 0 Å². The molecule has 0 spiro atoms. The number of likely N-dealkylation sites (N-methyl/N-ethyl adjacent to an activating group) is 1. The van der Waals surface area contributed by atoms with E-state index in [1.807, 2.05) is 42.6 Å². The van der Waals surface area contributed by atoms with Gasteiger partial charge in [0, 0.05) is 61.0 Å². The molecule has 1 saturated heterocycles. The van der Waals surface area contributed by atoms with E-state index in [2.05, 4.69) is 47.3 Å². The van der Waals surface area contributed by atoms with Crippen LogP contribution in [0.25, 0.3) is 21.5 Å². The summed E-state index contributed by atoms with van der Waals surface area (Å²) in [6.45, 7) is 5.41. The van der Waals surface area contributed by atoms with Crippen LogP contribution in [0.1, 0.15) is 5.69 Å². The van der Waals surface area contributed by atoms with Crippen molar-refractivity contribution in [1.82, 2.24) is 30.0 Å². The lowest BCUT2D eigenvalue weighted by molar-refractivity contribution is 0.311. The van der Waals surface area contributed by atoms with Crippen molar-refractivity contribution in [3.63, 3.8) is 0 Å². The van der Waals surface area contributed by atoms with E-state index in [0.29, 0.717) is 23.0 Å². The zero-order valence-electron chi connectivity index (χ0n) is 19.9. The fourth-order valence-electron chi connectivity index (χ4n) is 4.25. The molecule has 1 aliphatic rings. The van der Waals surface area contributed by atoms with Crippen LogP contribution in [0, 0.1) is 12.7 Å². The smallest absolute Gasteiger partial charge is 0.326 e. The number of aryl methyl sites for hydroxylation is 1. The summed E-state index contributed by atoms with van der Waals surface area (Å²) in [4.78, 5) is 17.8. The van der Waals surface area contributed by atoms with Crippen LogP contribution in [0.5, 0.6) is 11.8 Å². The Morgan fingerprint density at radius 1 is 1.06 bits per heavy atom. The van der Waals surface area contributed by atoms with Gasteiger partial charge in [-0.25, -0.2) is 4.39 Å². The molecule has 5 heterocycles. The second-order valence-corrected chi connectivity index (χ2v) is 9.83. The number of nitrogens with zero attached hydrogens (tertiary/aromatic N) is 5. The number of benzene rings is 1. The van der Waals surface area contributed by atoms with E-state index < -0.39 is 5.82 Å². The third-order valence-corrected chi connectivity index (χ3v) is 7.05. The first-order valence-electron chi connectivity index (χ1n) is 11.7. The highest BCUT2D eigenvalue weighted by atomic mass is 32.1. The lowest BCUT2D eigenvalue weighted by Crippen LogP contribution is -2.44. The summed E-state index contributed by atoms with van der Waals surface area (Å²) in [6, 6.07) is 12.9. The number of aromatic nitrogens is 5. The molecule has 5 aromatic rings. The Labute approximate surface area is 211 Å². The Morgan fingerprint density at radius 2 is 1.92 bits per heavy atom. The number of rotatable bonds is 6. The standard InChI is InChI=1S/C25H25FN8OS/c1-15-10-16-11-20(17(26)12-18(16)27-15)35-25-29-22(14-24(30-25)34-7-5-33(2)6-8-34)28-23-13-19(31-32-23)21-4-3-9-36-21/h3-4,9-14,27H,5-8H2,1-2H3,(H2,28,29,30,31,32). The molecule has 6 rings (SSSR count). The van der Waals surface area contributed by atoms with Crippen LogP contribution >= 0.6 is 11.3 Å². The number of thiophene rings is 1. The zero-order chi connectivity index (χ0) is 24.6. The molecule has 0 amide bonds. The predicted octanol–water partition coefficient (Wildman–Crippen LogP) is 5.14. The van der Waals surface area contributed by atoms with Crippen molar-refractivity contribution in [2.24, 2.45) is 0 Å². The van der Waals surface area contributed by atoms with Crippen molar-refractivity contribution < 1.29 is 9.13 Å². The normalized spacial score (nSPS) is 14.5. The first kappa shape index (κ1) is 22.5. The molecular formula is C25H25FN8OS. The Bertz CT molecular complexity index is 1500. The van der Waals surface area contributed by atoms with Crippen molar-refractivity contribution in [1.29, 1.82) is 0 Å². The molecule has 1 aromatic carbocycles. The molecule has 0 aliphatic carbocycles. The van der Waals surface area contributed by atoms with E-state index in [1.165, 1.54) is 6.07 Å². The molecule has 36 heavy (non-hydrogen) atoms. The summed E-state index contributed by atoms with van der Waals surface area (Å²) in [5, 5.41) is 13.5. The molecule has 0 atom stereocenters. The number of anilines is 3. The molecular weight excluding hydrogens is 479 g/mol. The van der Waals surface area contributed by atoms with Gasteiger partial charge in [-0.15, -0.1) is 11.3 Å². The van der Waals surface area contributed by atoms with Gasteiger partial charge >= 0.3 is 6.01 Å². The lowest BCUT2D eigenvalue weighted by Gasteiger charge is -2.33. The van der Waals surface area contributed by atoms with Gasteiger partial charge in [-0.2, -0.15) is 15.1 Å². The highest BCUT2D eigenvalue weighted by molar-refractivity contribution is 7.13. The van der Waals surface area contributed by atoms with Gasteiger partial charge in [-0.3, -0.25) is 5.10 Å². The summed E-state index contributed by atoms with van der Waals surface area (Å²) in [6.07, 6.45) is 0. The quantitative estimate of drug-likeness (QED) is 0.294. The van der Waals surface area contributed by atoms with Crippen molar-refractivity contribution in [3.8, 4) is 22.3 Å². The van der Waals surface area contributed by atoms with E-state index in [4.69, 9.17) is 4.74 Å². The summed E-state index contributed by atoms with van der Waals surface area (Å²) in [5.74, 6) is 1.42. The number of nitrogens with one attached hydrogen (secondary N) is 3.